The van der Waals surface area contributed by atoms with Crippen molar-refractivity contribution in [2.24, 2.45) is 11.8 Å². The third-order valence-corrected chi connectivity index (χ3v) is 3.95. The highest BCUT2D eigenvalue weighted by atomic mass is 16.5. The average molecular weight is 225 g/mol. The van der Waals surface area contributed by atoms with Gasteiger partial charge in [0.05, 0.1) is 6.61 Å². The van der Waals surface area contributed by atoms with Crippen LogP contribution in [0.25, 0.3) is 0 Å². The molecule has 0 radical (unpaired) electrons. The lowest BCUT2D eigenvalue weighted by molar-refractivity contribution is -0.147. The summed E-state index contributed by atoms with van der Waals surface area (Å²) in [7, 11) is 0. The van der Waals surface area contributed by atoms with Crippen molar-refractivity contribution in [3.05, 3.63) is 0 Å². The van der Waals surface area contributed by atoms with Crippen LogP contribution in [0.3, 0.4) is 0 Å². The van der Waals surface area contributed by atoms with E-state index in [1.165, 1.54) is 25.7 Å². The van der Waals surface area contributed by atoms with E-state index >= 15 is 0 Å². The van der Waals surface area contributed by atoms with Crippen molar-refractivity contribution in [1.82, 2.24) is 5.32 Å². The molecule has 1 aliphatic carbocycles. The van der Waals surface area contributed by atoms with Gasteiger partial charge in [0.1, 0.15) is 6.04 Å². The summed E-state index contributed by atoms with van der Waals surface area (Å²) in [6.07, 6.45) is 7.19. The first kappa shape index (κ1) is 11.9. The lowest BCUT2D eigenvalue weighted by atomic mass is 9.83. The summed E-state index contributed by atoms with van der Waals surface area (Å²) in [6.45, 7) is 3.77. The Morgan fingerprint density at radius 1 is 1.38 bits per heavy atom. The maximum Gasteiger partial charge on any atom is 0.323 e. The van der Waals surface area contributed by atoms with Crippen LogP contribution in [0.15, 0.2) is 0 Å². The van der Waals surface area contributed by atoms with Gasteiger partial charge in [-0.3, -0.25) is 4.79 Å². The third kappa shape index (κ3) is 3.21. The fourth-order valence-electron chi connectivity index (χ4n) is 2.50. The molecule has 2 atom stereocenters. The molecule has 1 aliphatic heterocycles. The summed E-state index contributed by atoms with van der Waals surface area (Å²) in [5.41, 5.74) is 0. The van der Waals surface area contributed by atoms with Gasteiger partial charge < -0.3 is 10.1 Å². The van der Waals surface area contributed by atoms with E-state index in [0.29, 0.717) is 12.5 Å². The van der Waals surface area contributed by atoms with Crippen molar-refractivity contribution >= 4 is 5.97 Å². The molecule has 0 aromatic heterocycles. The molecule has 1 saturated heterocycles. The van der Waals surface area contributed by atoms with E-state index in [2.05, 4.69) is 12.2 Å². The molecule has 0 spiro atoms. The van der Waals surface area contributed by atoms with Gasteiger partial charge in [-0.25, -0.2) is 0 Å². The molecule has 2 rings (SSSR count). The Morgan fingerprint density at radius 3 is 2.81 bits per heavy atom. The van der Waals surface area contributed by atoms with Gasteiger partial charge in [-0.05, 0) is 37.6 Å². The smallest absolute Gasteiger partial charge is 0.323 e. The van der Waals surface area contributed by atoms with Gasteiger partial charge in [0.25, 0.3) is 0 Å². The van der Waals surface area contributed by atoms with Gasteiger partial charge in [-0.15, -0.1) is 0 Å². The third-order valence-electron chi connectivity index (χ3n) is 3.95. The minimum Gasteiger partial charge on any atom is -0.465 e. The zero-order valence-corrected chi connectivity index (χ0v) is 10.2. The summed E-state index contributed by atoms with van der Waals surface area (Å²) in [5, 5.41) is 3.24. The second-order valence-corrected chi connectivity index (χ2v) is 5.39. The Balaban J connectivity index is 1.62. The molecule has 0 aromatic rings. The molecule has 1 N–H and O–H groups in total. The van der Waals surface area contributed by atoms with Crippen LogP contribution >= 0.6 is 0 Å². The van der Waals surface area contributed by atoms with E-state index in [0.717, 1.165) is 25.3 Å². The fourth-order valence-corrected chi connectivity index (χ4v) is 2.50. The molecule has 3 nitrogen and oxygen atoms in total. The normalized spacial score (nSPS) is 30.8. The molecule has 2 unspecified atom stereocenters. The molecule has 2 aliphatic rings. The van der Waals surface area contributed by atoms with Gasteiger partial charge in [-0.1, -0.05) is 26.2 Å². The maximum absolute atomic E-state index is 11.7. The molecule has 92 valence electrons. The first-order chi connectivity index (χ1) is 7.75. The van der Waals surface area contributed by atoms with Crippen molar-refractivity contribution < 1.29 is 9.53 Å². The number of hydrogen-bond acceptors (Lipinski definition) is 3. The van der Waals surface area contributed by atoms with Gasteiger partial charge >= 0.3 is 5.97 Å². The highest BCUT2D eigenvalue weighted by molar-refractivity contribution is 5.75. The van der Waals surface area contributed by atoms with Crippen LogP contribution in [0.5, 0.6) is 0 Å². The minimum atomic E-state index is -0.0508. The quantitative estimate of drug-likeness (QED) is 0.745. The van der Waals surface area contributed by atoms with Gasteiger partial charge in [-0.2, -0.15) is 0 Å². The predicted octanol–water partition coefficient (Wildman–Crippen LogP) is 2.11. The fraction of sp³-hybridized carbons (Fsp3) is 0.923. The Bertz CT molecular complexity index is 238. The molecular formula is C13H23NO2. The van der Waals surface area contributed by atoms with Crippen LogP contribution in [0, 0.1) is 11.8 Å². The van der Waals surface area contributed by atoms with Crippen LogP contribution in [0.2, 0.25) is 0 Å². The molecular weight excluding hydrogens is 202 g/mol. The zero-order chi connectivity index (χ0) is 11.4. The van der Waals surface area contributed by atoms with Crippen LogP contribution in [0.4, 0.5) is 0 Å². The summed E-state index contributed by atoms with van der Waals surface area (Å²) in [6, 6.07) is -0.0508. The minimum absolute atomic E-state index is 0.0362. The number of esters is 1. The second-order valence-electron chi connectivity index (χ2n) is 5.39. The number of carbonyl (C=O) groups excluding carboxylic acids is 1. The second kappa shape index (κ2) is 5.67. The van der Waals surface area contributed by atoms with Crippen LogP contribution in [-0.4, -0.2) is 25.2 Å². The van der Waals surface area contributed by atoms with E-state index < -0.39 is 0 Å². The number of nitrogens with one attached hydrogen (secondary N) is 1. The van der Waals surface area contributed by atoms with Crippen LogP contribution < -0.4 is 5.32 Å². The average Bonchev–Trinajstić information content (AvgIpc) is 2.21. The molecule has 2 fully saturated rings. The van der Waals surface area contributed by atoms with Crippen molar-refractivity contribution in [2.45, 2.75) is 51.5 Å². The summed E-state index contributed by atoms with van der Waals surface area (Å²) in [4.78, 5) is 11.7. The summed E-state index contributed by atoms with van der Waals surface area (Å²) < 4.78 is 5.33. The maximum atomic E-state index is 11.7. The number of rotatable bonds is 4. The van der Waals surface area contributed by atoms with Crippen LogP contribution in [0.1, 0.15) is 45.4 Å². The number of carbonyl (C=O) groups is 1. The van der Waals surface area contributed by atoms with Crippen LogP contribution in [-0.2, 0) is 9.53 Å². The molecule has 0 amide bonds. The molecule has 16 heavy (non-hydrogen) atoms. The lowest BCUT2D eigenvalue weighted by Crippen LogP contribution is -2.44. The molecule has 0 bridgehead atoms. The molecule has 1 saturated carbocycles. The van der Waals surface area contributed by atoms with Crippen molar-refractivity contribution in [3.8, 4) is 0 Å². The SMILES string of the molecule is CC1CCNC(C(=O)OCCC2CCC2)C1. The predicted molar refractivity (Wildman–Crippen MR) is 63.1 cm³/mol. The Morgan fingerprint density at radius 2 is 2.19 bits per heavy atom. The van der Waals surface area contributed by atoms with Crippen molar-refractivity contribution in [2.75, 3.05) is 13.2 Å². The zero-order valence-electron chi connectivity index (χ0n) is 10.2. The van der Waals surface area contributed by atoms with E-state index in [4.69, 9.17) is 4.74 Å². The standard InChI is InChI=1S/C13H23NO2/c1-10-5-7-14-12(9-10)13(15)16-8-6-11-3-2-4-11/h10-12,14H,2-9H2,1H3. The monoisotopic (exact) mass is 225 g/mol. The van der Waals surface area contributed by atoms with Crippen molar-refractivity contribution in [1.29, 1.82) is 0 Å². The number of hydrogen-bond donors (Lipinski definition) is 1. The largest absolute Gasteiger partial charge is 0.465 e. The van der Waals surface area contributed by atoms with Gasteiger partial charge in [0.15, 0.2) is 0 Å². The summed E-state index contributed by atoms with van der Waals surface area (Å²) >= 11 is 0. The molecule has 1 heterocycles. The highest BCUT2D eigenvalue weighted by Gasteiger charge is 2.26. The number of ether oxygens (including phenoxy) is 1. The first-order valence-corrected chi connectivity index (χ1v) is 6.65. The van der Waals surface area contributed by atoms with E-state index in [-0.39, 0.29) is 12.0 Å². The highest BCUT2D eigenvalue weighted by Crippen LogP contribution is 2.29. The first-order valence-electron chi connectivity index (χ1n) is 6.65. The van der Waals surface area contributed by atoms with Gasteiger partial charge in [0.2, 0.25) is 0 Å². The number of piperidine rings is 1. The van der Waals surface area contributed by atoms with E-state index in [9.17, 15) is 4.79 Å². The van der Waals surface area contributed by atoms with E-state index in [1.54, 1.807) is 0 Å². The molecule has 0 aromatic carbocycles. The van der Waals surface area contributed by atoms with Crippen molar-refractivity contribution in [3.63, 3.8) is 0 Å². The Hall–Kier alpha value is -0.570. The molecule has 3 heteroatoms. The Labute approximate surface area is 97.9 Å². The Kier molecular flexibility index (Phi) is 4.22. The van der Waals surface area contributed by atoms with Gasteiger partial charge in [0, 0.05) is 0 Å². The topological polar surface area (TPSA) is 38.3 Å². The lowest BCUT2D eigenvalue weighted by Gasteiger charge is -2.28. The van der Waals surface area contributed by atoms with E-state index in [1.807, 2.05) is 0 Å². The summed E-state index contributed by atoms with van der Waals surface area (Å²) in [5.74, 6) is 1.43.